The summed E-state index contributed by atoms with van der Waals surface area (Å²) in [5.74, 6) is 1.61. The van der Waals surface area contributed by atoms with Crippen LogP contribution in [0.1, 0.15) is 18.4 Å². The molecule has 0 atom stereocenters. The summed E-state index contributed by atoms with van der Waals surface area (Å²) in [5, 5.41) is 0. The Morgan fingerprint density at radius 2 is 1.93 bits per heavy atom. The second-order valence-corrected chi connectivity index (χ2v) is 4.67. The van der Waals surface area contributed by atoms with Crippen LogP contribution >= 0.6 is 15.9 Å². The summed E-state index contributed by atoms with van der Waals surface area (Å²) in [7, 11) is 0. The maximum atomic E-state index is 6.14. The van der Waals surface area contributed by atoms with Crippen molar-refractivity contribution in [3.8, 4) is 11.5 Å². The van der Waals surface area contributed by atoms with E-state index in [1.807, 2.05) is 12.1 Å². The number of ether oxygens (including phenoxy) is 2. The Labute approximate surface area is 90.3 Å². The summed E-state index contributed by atoms with van der Waals surface area (Å²) in [6.07, 6.45) is 2.06. The Hall–Kier alpha value is -0.740. The highest BCUT2D eigenvalue weighted by Gasteiger charge is 2.44. The van der Waals surface area contributed by atoms with Crippen molar-refractivity contribution in [3.05, 3.63) is 22.2 Å². The van der Waals surface area contributed by atoms with Gasteiger partial charge >= 0.3 is 0 Å². The van der Waals surface area contributed by atoms with Crippen LogP contribution in [0.3, 0.4) is 0 Å². The van der Waals surface area contributed by atoms with Crippen LogP contribution in [-0.2, 0) is 5.54 Å². The van der Waals surface area contributed by atoms with Crippen molar-refractivity contribution in [1.82, 2.24) is 0 Å². The van der Waals surface area contributed by atoms with Crippen molar-refractivity contribution in [2.45, 2.75) is 18.4 Å². The molecule has 2 aliphatic rings. The standard InChI is InChI=1S/C10H10BrNO2/c11-7-2-1-6(10(12)3-4-10)8-9(7)14-5-13-8/h1-2H,3-5,12H2. The van der Waals surface area contributed by atoms with Gasteiger partial charge in [0.15, 0.2) is 11.5 Å². The molecule has 1 aliphatic heterocycles. The number of rotatable bonds is 1. The minimum atomic E-state index is -0.168. The fraction of sp³-hybridized carbons (Fsp3) is 0.400. The zero-order valence-corrected chi connectivity index (χ0v) is 9.13. The Morgan fingerprint density at radius 3 is 2.64 bits per heavy atom. The van der Waals surface area contributed by atoms with Gasteiger partial charge in [0, 0.05) is 11.1 Å². The molecule has 0 radical (unpaired) electrons. The van der Waals surface area contributed by atoms with Crippen molar-refractivity contribution >= 4 is 15.9 Å². The number of hydrogen-bond donors (Lipinski definition) is 1. The topological polar surface area (TPSA) is 44.5 Å². The van der Waals surface area contributed by atoms with E-state index in [1.165, 1.54) is 0 Å². The molecular weight excluding hydrogens is 246 g/mol. The van der Waals surface area contributed by atoms with Crippen LogP contribution in [-0.4, -0.2) is 6.79 Å². The van der Waals surface area contributed by atoms with Crippen LogP contribution in [0, 0.1) is 0 Å². The third-order valence-corrected chi connectivity index (χ3v) is 3.42. The summed E-state index contributed by atoms with van der Waals surface area (Å²) in [6.45, 7) is 0.293. The molecule has 14 heavy (non-hydrogen) atoms. The van der Waals surface area contributed by atoms with Gasteiger partial charge in [0.25, 0.3) is 0 Å². The van der Waals surface area contributed by atoms with E-state index in [1.54, 1.807) is 0 Å². The van der Waals surface area contributed by atoms with E-state index < -0.39 is 0 Å². The van der Waals surface area contributed by atoms with Gasteiger partial charge in [-0.3, -0.25) is 0 Å². The number of hydrogen-bond acceptors (Lipinski definition) is 3. The van der Waals surface area contributed by atoms with Crippen LogP contribution < -0.4 is 15.2 Å². The Bertz CT molecular complexity index is 401. The first-order valence-electron chi connectivity index (χ1n) is 4.58. The monoisotopic (exact) mass is 255 g/mol. The molecule has 2 N–H and O–H groups in total. The number of nitrogens with two attached hydrogens (primary N) is 1. The zero-order chi connectivity index (χ0) is 9.76. The highest BCUT2D eigenvalue weighted by atomic mass is 79.9. The summed E-state index contributed by atoms with van der Waals surface area (Å²) in [5.41, 5.74) is 7.05. The maximum Gasteiger partial charge on any atom is 0.231 e. The van der Waals surface area contributed by atoms with Gasteiger partial charge in [-0.1, -0.05) is 6.07 Å². The lowest BCUT2D eigenvalue weighted by atomic mass is 10.0. The SMILES string of the molecule is NC1(c2ccc(Br)c3c2OCO3)CC1. The molecule has 0 bridgehead atoms. The van der Waals surface area contributed by atoms with Crippen molar-refractivity contribution in [2.24, 2.45) is 5.73 Å². The van der Waals surface area contributed by atoms with E-state index in [4.69, 9.17) is 15.2 Å². The Kier molecular flexibility index (Phi) is 1.61. The fourth-order valence-electron chi connectivity index (χ4n) is 1.76. The summed E-state index contributed by atoms with van der Waals surface area (Å²) >= 11 is 3.42. The number of halogens is 1. The van der Waals surface area contributed by atoms with Gasteiger partial charge in [0.2, 0.25) is 6.79 Å². The van der Waals surface area contributed by atoms with E-state index in [9.17, 15) is 0 Å². The largest absolute Gasteiger partial charge is 0.453 e. The van der Waals surface area contributed by atoms with Crippen molar-refractivity contribution in [3.63, 3.8) is 0 Å². The number of fused-ring (bicyclic) bond motifs is 1. The first-order valence-corrected chi connectivity index (χ1v) is 5.37. The lowest BCUT2D eigenvalue weighted by Crippen LogP contribution is -2.19. The van der Waals surface area contributed by atoms with Gasteiger partial charge in [-0.25, -0.2) is 0 Å². The van der Waals surface area contributed by atoms with Crippen LogP contribution in [0.15, 0.2) is 16.6 Å². The van der Waals surface area contributed by atoms with E-state index >= 15 is 0 Å². The second-order valence-electron chi connectivity index (χ2n) is 3.82. The molecule has 1 aliphatic carbocycles. The molecular formula is C10H10BrNO2. The molecule has 74 valence electrons. The minimum absolute atomic E-state index is 0.168. The summed E-state index contributed by atoms with van der Waals surface area (Å²) in [6, 6.07) is 3.99. The predicted molar refractivity (Wildman–Crippen MR) is 55.4 cm³/mol. The van der Waals surface area contributed by atoms with Crippen molar-refractivity contribution in [1.29, 1.82) is 0 Å². The Morgan fingerprint density at radius 1 is 1.21 bits per heavy atom. The van der Waals surface area contributed by atoms with Gasteiger partial charge < -0.3 is 15.2 Å². The molecule has 1 aromatic rings. The smallest absolute Gasteiger partial charge is 0.231 e. The third kappa shape index (κ3) is 1.07. The molecule has 0 aromatic heterocycles. The van der Waals surface area contributed by atoms with Crippen molar-refractivity contribution < 1.29 is 9.47 Å². The average molecular weight is 256 g/mol. The highest BCUT2D eigenvalue weighted by Crippen LogP contribution is 2.52. The Balaban J connectivity index is 2.18. The van der Waals surface area contributed by atoms with E-state index in [0.29, 0.717) is 6.79 Å². The molecule has 3 rings (SSSR count). The lowest BCUT2D eigenvalue weighted by Gasteiger charge is -2.12. The van der Waals surface area contributed by atoms with Crippen LogP contribution in [0.2, 0.25) is 0 Å². The molecule has 0 spiro atoms. The maximum absolute atomic E-state index is 6.14. The van der Waals surface area contributed by atoms with Gasteiger partial charge in [0.05, 0.1) is 4.47 Å². The number of benzene rings is 1. The molecule has 1 fully saturated rings. The second kappa shape index (κ2) is 2.64. The normalized spacial score (nSPS) is 21.0. The minimum Gasteiger partial charge on any atom is -0.453 e. The van der Waals surface area contributed by atoms with Gasteiger partial charge in [-0.15, -0.1) is 0 Å². The lowest BCUT2D eigenvalue weighted by molar-refractivity contribution is 0.172. The van der Waals surface area contributed by atoms with E-state index in [2.05, 4.69) is 15.9 Å². The highest BCUT2D eigenvalue weighted by molar-refractivity contribution is 9.10. The molecule has 1 heterocycles. The zero-order valence-electron chi connectivity index (χ0n) is 7.55. The molecule has 3 nitrogen and oxygen atoms in total. The van der Waals surface area contributed by atoms with Crippen LogP contribution in [0.4, 0.5) is 0 Å². The summed E-state index contributed by atoms with van der Waals surface area (Å²) < 4.78 is 11.7. The fourth-order valence-corrected chi connectivity index (χ4v) is 2.19. The molecule has 1 aromatic carbocycles. The predicted octanol–water partition coefficient (Wildman–Crippen LogP) is 2.13. The quantitative estimate of drug-likeness (QED) is 0.837. The van der Waals surface area contributed by atoms with Crippen LogP contribution in [0.5, 0.6) is 11.5 Å². The van der Waals surface area contributed by atoms with Gasteiger partial charge in [0.1, 0.15) is 0 Å². The first-order chi connectivity index (χ1) is 6.71. The third-order valence-electron chi connectivity index (χ3n) is 2.80. The average Bonchev–Trinajstić information content (AvgIpc) is 2.74. The molecule has 4 heteroatoms. The van der Waals surface area contributed by atoms with E-state index in [-0.39, 0.29) is 5.54 Å². The molecule has 0 unspecified atom stereocenters. The molecule has 0 saturated heterocycles. The molecule has 0 amide bonds. The summed E-state index contributed by atoms with van der Waals surface area (Å²) in [4.78, 5) is 0. The van der Waals surface area contributed by atoms with Crippen molar-refractivity contribution in [2.75, 3.05) is 6.79 Å². The van der Waals surface area contributed by atoms with Crippen LogP contribution in [0.25, 0.3) is 0 Å². The first kappa shape index (κ1) is 8.56. The molecule has 1 saturated carbocycles. The van der Waals surface area contributed by atoms with Gasteiger partial charge in [-0.05, 0) is 34.8 Å². The van der Waals surface area contributed by atoms with Gasteiger partial charge in [-0.2, -0.15) is 0 Å². The van der Waals surface area contributed by atoms with E-state index in [0.717, 1.165) is 34.4 Å².